The van der Waals surface area contributed by atoms with Crippen LogP contribution in [0, 0.1) is 0 Å². The van der Waals surface area contributed by atoms with Crippen molar-refractivity contribution in [1.82, 2.24) is 0 Å². The lowest BCUT2D eigenvalue weighted by Crippen LogP contribution is -1.99. The van der Waals surface area contributed by atoms with Crippen LogP contribution in [0.5, 0.6) is 11.5 Å². The second-order valence-electron chi connectivity index (χ2n) is 5.24. The van der Waals surface area contributed by atoms with Crippen molar-refractivity contribution in [2.24, 2.45) is 0 Å². The molecule has 128 valence electrons. The van der Waals surface area contributed by atoms with Gasteiger partial charge in [-0.3, -0.25) is 0 Å². The number of ether oxygens (including phenoxy) is 2. The van der Waals surface area contributed by atoms with Crippen molar-refractivity contribution in [2.45, 2.75) is 13.2 Å². The number of hydrogen-bond donors (Lipinski definition) is 4. The molecule has 6 nitrogen and oxygen atoms in total. The quantitative estimate of drug-likeness (QED) is 0.476. The van der Waals surface area contributed by atoms with Crippen molar-refractivity contribution >= 4 is 23.5 Å². The minimum absolute atomic E-state index is 0.184. The number of aliphatic hydroxyl groups excluding tert-OH is 2. The number of nitrogens with two attached hydrogens (primary N) is 2. The highest BCUT2D eigenvalue weighted by Gasteiger charge is 2.10. The minimum atomic E-state index is -0.200. The van der Waals surface area contributed by atoms with Gasteiger partial charge < -0.3 is 31.2 Å². The first-order valence-corrected chi connectivity index (χ1v) is 7.36. The Morgan fingerprint density at radius 2 is 1.46 bits per heavy atom. The molecule has 6 heteroatoms. The standard InChI is InChI=1S/C18H22N2O4/c1-23-17-8-11(5-13(9-21)14(17)10-22)3-4-12-6-15(19)18(24-2)16(20)7-12/h3-8,21-22H,9-10,19-20H2,1-2H3. The highest BCUT2D eigenvalue weighted by atomic mass is 16.5. The lowest BCUT2D eigenvalue weighted by Gasteiger charge is -2.12. The summed E-state index contributed by atoms with van der Waals surface area (Å²) in [5.41, 5.74) is 15.6. The Bertz CT molecular complexity index is 709. The van der Waals surface area contributed by atoms with Gasteiger partial charge in [-0.25, -0.2) is 0 Å². The predicted molar refractivity (Wildman–Crippen MR) is 95.6 cm³/mol. The summed E-state index contributed by atoms with van der Waals surface area (Å²) in [7, 11) is 3.04. The number of rotatable bonds is 6. The Kier molecular flexibility index (Phi) is 5.68. The monoisotopic (exact) mass is 330 g/mol. The lowest BCUT2D eigenvalue weighted by atomic mass is 10.0. The zero-order valence-corrected chi connectivity index (χ0v) is 13.7. The van der Waals surface area contributed by atoms with E-state index in [4.69, 9.17) is 20.9 Å². The highest BCUT2D eigenvalue weighted by molar-refractivity contribution is 5.78. The van der Waals surface area contributed by atoms with Gasteiger partial charge in [0.1, 0.15) is 5.75 Å². The summed E-state index contributed by atoms with van der Waals surface area (Å²) in [5, 5.41) is 18.9. The van der Waals surface area contributed by atoms with E-state index in [0.29, 0.717) is 34.0 Å². The van der Waals surface area contributed by atoms with Gasteiger partial charge in [-0.1, -0.05) is 12.2 Å². The second kappa shape index (κ2) is 7.72. The van der Waals surface area contributed by atoms with E-state index in [1.807, 2.05) is 12.2 Å². The third kappa shape index (κ3) is 3.61. The first-order valence-electron chi connectivity index (χ1n) is 7.36. The largest absolute Gasteiger partial charge is 0.496 e. The molecule has 0 aromatic heterocycles. The Labute approximate surface area is 140 Å². The van der Waals surface area contributed by atoms with Gasteiger partial charge in [-0.15, -0.1) is 0 Å². The Hall–Kier alpha value is -2.70. The van der Waals surface area contributed by atoms with Crippen LogP contribution in [0.3, 0.4) is 0 Å². The van der Waals surface area contributed by atoms with Crippen molar-refractivity contribution in [3.05, 3.63) is 46.5 Å². The summed E-state index contributed by atoms with van der Waals surface area (Å²) in [6.07, 6.45) is 3.70. The van der Waals surface area contributed by atoms with E-state index in [9.17, 15) is 10.2 Å². The molecule has 0 saturated heterocycles. The first-order chi connectivity index (χ1) is 11.5. The van der Waals surface area contributed by atoms with Gasteiger partial charge >= 0.3 is 0 Å². The van der Waals surface area contributed by atoms with Crippen molar-refractivity contribution in [1.29, 1.82) is 0 Å². The summed E-state index contributed by atoms with van der Waals surface area (Å²) in [5.74, 6) is 0.987. The van der Waals surface area contributed by atoms with E-state index in [-0.39, 0.29) is 13.2 Å². The van der Waals surface area contributed by atoms with Gasteiger partial charge in [0.2, 0.25) is 0 Å². The molecule has 0 atom stereocenters. The molecule has 0 heterocycles. The summed E-state index contributed by atoms with van der Waals surface area (Å²) < 4.78 is 10.4. The molecular weight excluding hydrogens is 308 g/mol. The molecule has 2 aromatic rings. The molecule has 0 aliphatic carbocycles. The van der Waals surface area contributed by atoms with Crippen LogP contribution in [0.2, 0.25) is 0 Å². The lowest BCUT2D eigenvalue weighted by molar-refractivity contribution is 0.254. The molecule has 0 saturated carbocycles. The molecule has 0 aliphatic rings. The summed E-state index contributed by atoms with van der Waals surface area (Å²) >= 11 is 0. The Morgan fingerprint density at radius 1 is 0.875 bits per heavy atom. The SMILES string of the molecule is COc1cc(C=Cc2cc(N)c(OC)c(N)c2)cc(CO)c1CO. The fraction of sp³-hybridized carbons (Fsp3) is 0.222. The highest BCUT2D eigenvalue weighted by Crippen LogP contribution is 2.31. The van der Waals surface area contributed by atoms with Crippen molar-refractivity contribution in [2.75, 3.05) is 25.7 Å². The number of anilines is 2. The third-order valence-electron chi connectivity index (χ3n) is 3.71. The fourth-order valence-electron chi connectivity index (χ4n) is 2.55. The van der Waals surface area contributed by atoms with Gasteiger partial charge in [0.25, 0.3) is 0 Å². The first kappa shape index (κ1) is 17.7. The van der Waals surface area contributed by atoms with Gasteiger partial charge in [0.15, 0.2) is 5.75 Å². The van der Waals surface area contributed by atoms with E-state index >= 15 is 0 Å². The van der Waals surface area contributed by atoms with E-state index < -0.39 is 0 Å². The summed E-state index contributed by atoms with van der Waals surface area (Å²) in [6.45, 7) is -0.384. The smallest absolute Gasteiger partial charge is 0.164 e. The zero-order chi connectivity index (χ0) is 17.7. The number of aliphatic hydroxyl groups is 2. The Morgan fingerprint density at radius 3 is 1.92 bits per heavy atom. The average Bonchev–Trinajstić information content (AvgIpc) is 2.58. The van der Waals surface area contributed by atoms with Crippen LogP contribution in [-0.4, -0.2) is 24.4 Å². The molecule has 2 aromatic carbocycles. The van der Waals surface area contributed by atoms with Gasteiger partial charge in [-0.2, -0.15) is 0 Å². The second-order valence-corrected chi connectivity index (χ2v) is 5.24. The van der Waals surface area contributed by atoms with Gasteiger partial charge in [-0.05, 0) is 41.0 Å². The van der Waals surface area contributed by atoms with E-state index in [1.54, 1.807) is 24.3 Å². The molecular formula is C18H22N2O4. The molecule has 6 N–H and O–H groups in total. The van der Waals surface area contributed by atoms with Crippen LogP contribution in [0.25, 0.3) is 12.2 Å². The number of nitrogen functional groups attached to an aromatic ring is 2. The summed E-state index contributed by atoms with van der Waals surface area (Å²) in [6, 6.07) is 7.11. The maximum atomic E-state index is 9.47. The molecule has 2 rings (SSSR count). The van der Waals surface area contributed by atoms with Crippen LogP contribution >= 0.6 is 0 Å². The zero-order valence-electron chi connectivity index (χ0n) is 13.7. The van der Waals surface area contributed by atoms with Crippen LogP contribution in [0.1, 0.15) is 22.3 Å². The van der Waals surface area contributed by atoms with Gasteiger partial charge in [0, 0.05) is 5.56 Å². The van der Waals surface area contributed by atoms with Crippen molar-refractivity contribution < 1.29 is 19.7 Å². The van der Waals surface area contributed by atoms with Crippen LogP contribution in [-0.2, 0) is 13.2 Å². The van der Waals surface area contributed by atoms with Crippen molar-refractivity contribution in [3.63, 3.8) is 0 Å². The minimum Gasteiger partial charge on any atom is -0.496 e. The summed E-state index contributed by atoms with van der Waals surface area (Å²) in [4.78, 5) is 0. The normalized spacial score (nSPS) is 11.0. The Balaban J connectivity index is 2.39. The molecule has 0 fully saturated rings. The van der Waals surface area contributed by atoms with Crippen LogP contribution in [0.4, 0.5) is 11.4 Å². The third-order valence-corrected chi connectivity index (χ3v) is 3.71. The topological polar surface area (TPSA) is 111 Å². The molecule has 0 bridgehead atoms. The van der Waals surface area contributed by atoms with Crippen LogP contribution < -0.4 is 20.9 Å². The van der Waals surface area contributed by atoms with Gasteiger partial charge in [0.05, 0.1) is 38.8 Å². The van der Waals surface area contributed by atoms with E-state index in [0.717, 1.165) is 11.1 Å². The number of methoxy groups -OCH3 is 2. The van der Waals surface area contributed by atoms with E-state index in [1.165, 1.54) is 14.2 Å². The van der Waals surface area contributed by atoms with Crippen molar-refractivity contribution in [3.8, 4) is 11.5 Å². The number of hydrogen-bond acceptors (Lipinski definition) is 6. The van der Waals surface area contributed by atoms with E-state index in [2.05, 4.69) is 0 Å². The van der Waals surface area contributed by atoms with Crippen LogP contribution in [0.15, 0.2) is 24.3 Å². The molecule has 0 aliphatic heterocycles. The molecule has 0 spiro atoms. The fourth-order valence-corrected chi connectivity index (χ4v) is 2.55. The molecule has 0 amide bonds. The average molecular weight is 330 g/mol. The maximum absolute atomic E-state index is 9.47. The molecule has 0 radical (unpaired) electrons. The maximum Gasteiger partial charge on any atom is 0.164 e. The molecule has 0 unspecified atom stereocenters. The predicted octanol–water partition coefficient (Wildman–Crippen LogP) is 2.02. The molecule has 24 heavy (non-hydrogen) atoms. The number of benzene rings is 2.